The van der Waals surface area contributed by atoms with Crippen LogP contribution in [0, 0.1) is 23.7 Å². The van der Waals surface area contributed by atoms with Gasteiger partial charge in [0.15, 0.2) is 0 Å². The maximum absolute atomic E-state index is 11.1. The smallest absolute Gasteiger partial charge is 0.225 e. The minimum atomic E-state index is -0.156. The van der Waals surface area contributed by atoms with E-state index in [9.17, 15) is 4.79 Å². The molecule has 0 unspecified atom stereocenters. The van der Waals surface area contributed by atoms with Crippen LogP contribution in [0.4, 0.5) is 0 Å². The number of alkyl halides is 1. The van der Waals surface area contributed by atoms with E-state index in [1.54, 1.807) is 0 Å². The van der Waals surface area contributed by atoms with Gasteiger partial charge < -0.3 is 0 Å². The fourth-order valence-corrected chi connectivity index (χ4v) is 3.68. The van der Waals surface area contributed by atoms with Gasteiger partial charge in [-0.1, -0.05) is 28.1 Å². The normalized spacial score (nSPS) is 43.8. The summed E-state index contributed by atoms with van der Waals surface area (Å²) in [7, 11) is 0. The Hall–Kier alpha value is 0.180. The van der Waals surface area contributed by atoms with E-state index in [4.69, 9.17) is 11.6 Å². The van der Waals surface area contributed by atoms with Crippen LogP contribution in [0.5, 0.6) is 0 Å². The van der Waals surface area contributed by atoms with Gasteiger partial charge in [0.25, 0.3) is 0 Å². The largest absolute Gasteiger partial charge is 0.281 e. The third-order valence-corrected chi connectivity index (χ3v) is 4.06. The van der Waals surface area contributed by atoms with Crippen LogP contribution in [0.3, 0.4) is 0 Å². The van der Waals surface area contributed by atoms with E-state index >= 15 is 0 Å². The topological polar surface area (TPSA) is 17.1 Å². The van der Waals surface area contributed by atoms with Gasteiger partial charge in [-0.25, -0.2) is 0 Å². The molecule has 2 bridgehead atoms. The van der Waals surface area contributed by atoms with E-state index in [1.165, 1.54) is 0 Å². The first kappa shape index (κ1) is 8.76. The molecule has 0 heterocycles. The van der Waals surface area contributed by atoms with E-state index in [-0.39, 0.29) is 11.2 Å². The van der Waals surface area contributed by atoms with Gasteiger partial charge in [0.05, 0.1) is 0 Å². The van der Waals surface area contributed by atoms with Crippen molar-refractivity contribution in [2.24, 2.45) is 23.7 Å². The second-order valence-corrected chi connectivity index (χ2v) is 4.62. The highest BCUT2D eigenvalue weighted by molar-refractivity contribution is 9.09. The van der Waals surface area contributed by atoms with Crippen LogP contribution in [-0.4, -0.2) is 10.6 Å². The lowest BCUT2D eigenvalue weighted by Gasteiger charge is -2.22. The third-order valence-electron chi connectivity index (χ3n) is 3.06. The zero-order chi connectivity index (χ0) is 8.72. The van der Waals surface area contributed by atoms with Gasteiger partial charge in [0, 0.05) is 11.2 Å². The lowest BCUT2D eigenvalue weighted by molar-refractivity contribution is -0.116. The van der Waals surface area contributed by atoms with Gasteiger partial charge in [-0.3, -0.25) is 4.79 Å². The van der Waals surface area contributed by atoms with Gasteiger partial charge in [0.1, 0.15) is 0 Å². The first-order valence-corrected chi connectivity index (χ1v) is 5.67. The van der Waals surface area contributed by atoms with Crippen molar-refractivity contribution < 1.29 is 4.79 Å². The van der Waals surface area contributed by atoms with Gasteiger partial charge in [-0.2, -0.15) is 0 Å². The maximum Gasteiger partial charge on any atom is 0.225 e. The fraction of sp³-hybridized carbons (Fsp3) is 0.667. The summed E-state index contributed by atoms with van der Waals surface area (Å²) >= 11 is 9.00. The van der Waals surface area contributed by atoms with Crippen molar-refractivity contribution in [1.29, 1.82) is 0 Å². The summed E-state index contributed by atoms with van der Waals surface area (Å²) in [5.74, 6) is 1.51. The molecule has 0 spiro atoms. The first-order chi connectivity index (χ1) is 5.74. The Labute approximate surface area is 85.3 Å². The number of rotatable bonds is 2. The van der Waals surface area contributed by atoms with Gasteiger partial charge >= 0.3 is 0 Å². The lowest BCUT2D eigenvalue weighted by Crippen LogP contribution is -2.25. The standard InChI is InChI=1S/C9H10BrClO/c10-4-7-5-1-2-6(3-5)8(7)9(11)12/h1-2,5-8H,3-4H2/t5-,6+,7+,8+/m1/s1. The van der Waals surface area contributed by atoms with Crippen molar-refractivity contribution in [2.45, 2.75) is 6.42 Å². The van der Waals surface area contributed by atoms with Crippen LogP contribution in [0.15, 0.2) is 12.2 Å². The number of carbonyl (C=O) groups excluding carboxylic acids is 1. The van der Waals surface area contributed by atoms with E-state index in [2.05, 4.69) is 28.1 Å². The highest BCUT2D eigenvalue weighted by atomic mass is 79.9. The number of hydrogen-bond donors (Lipinski definition) is 0. The highest BCUT2D eigenvalue weighted by Gasteiger charge is 2.46. The lowest BCUT2D eigenvalue weighted by atomic mass is 9.85. The highest BCUT2D eigenvalue weighted by Crippen LogP contribution is 2.49. The fourth-order valence-electron chi connectivity index (χ4n) is 2.47. The molecule has 1 nitrogen and oxygen atoms in total. The Bertz CT molecular complexity index is 239. The third kappa shape index (κ3) is 1.16. The van der Waals surface area contributed by atoms with Gasteiger partial charge in [-0.05, 0) is 35.8 Å². The van der Waals surface area contributed by atoms with Crippen molar-refractivity contribution in [1.82, 2.24) is 0 Å². The summed E-state index contributed by atoms with van der Waals surface area (Å²) in [6.45, 7) is 0. The molecule has 0 amide bonds. The zero-order valence-corrected chi connectivity index (χ0v) is 8.88. The summed E-state index contributed by atoms with van der Waals surface area (Å²) in [6.07, 6.45) is 5.50. The zero-order valence-electron chi connectivity index (χ0n) is 6.54. The molecule has 2 aliphatic rings. The Kier molecular flexibility index (Phi) is 2.30. The maximum atomic E-state index is 11.1. The van der Waals surface area contributed by atoms with Crippen molar-refractivity contribution in [3.63, 3.8) is 0 Å². The Morgan fingerprint density at radius 1 is 1.50 bits per heavy atom. The molecule has 0 aromatic heterocycles. The van der Waals surface area contributed by atoms with Crippen molar-refractivity contribution >= 4 is 32.8 Å². The van der Waals surface area contributed by atoms with E-state index < -0.39 is 0 Å². The summed E-state index contributed by atoms with van der Waals surface area (Å²) in [4.78, 5) is 11.1. The summed E-state index contributed by atoms with van der Waals surface area (Å²) < 4.78 is 0. The molecular formula is C9H10BrClO. The predicted octanol–water partition coefficient (Wildman–Crippen LogP) is 2.59. The Morgan fingerprint density at radius 2 is 2.17 bits per heavy atom. The molecule has 0 aromatic carbocycles. The van der Waals surface area contributed by atoms with Gasteiger partial charge in [0.2, 0.25) is 5.24 Å². The van der Waals surface area contributed by atoms with E-state index in [1.807, 2.05) is 0 Å². The van der Waals surface area contributed by atoms with Crippen LogP contribution in [0.1, 0.15) is 6.42 Å². The number of halogens is 2. The van der Waals surface area contributed by atoms with Crippen LogP contribution >= 0.6 is 27.5 Å². The predicted molar refractivity (Wildman–Crippen MR) is 52.4 cm³/mol. The first-order valence-electron chi connectivity index (χ1n) is 4.17. The molecule has 0 radical (unpaired) electrons. The number of hydrogen-bond acceptors (Lipinski definition) is 1. The van der Waals surface area contributed by atoms with Crippen molar-refractivity contribution in [2.75, 3.05) is 5.33 Å². The molecule has 0 saturated heterocycles. The van der Waals surface area contributed by atoms with Gasteiger partial charge in [-0.15, -0.1) is 0 Å². The molecule has 0 aliphatic heterocycles. The van der Waals surface area contributed by atoms with Crippen LogP contribution < -0.4 is 0 Å². The van der Waals surface area contributed by atoms with Crippen LogP contribution in [0.25, 0.3) is 0 Å². The van der Waals surface area contributed by atoms with Crippen molar-refractivity contribution in [3.8, 4) is 0 Å². The molecule has 2 aliphatic carbocycles. The average Bonchev–Trinajstić information content (AvgIpc) is 2.60. The molecule has 3 heteroatoms. The minimum Gasteiger partial charge on any atom is -0.281 e. The molecule has 66 valence electrons. The average molecular weight is 250 g/mol. The molecular weight excluding hydrogens is 239 g/mol. The minimum absolute atomic E-state index is 0.0704. The second-order valence-electron chi connectivity index (χ2n) is 3.60. The monoisotopic (exact) mass is 248 g/mol. The number of carbonyl (C=O) groups is 1. The molecule has 2 rings (SSSR count). The Morgan fingerprint density at radius 3 is 2.67 bits per heavy atom. The molecule has 1 saturated carbocycles. The van der Waals surface area contributed by atoms with Crippen LogP contribution in [0.2, 0.25) is 0 Å². The van der Waals surface area contributed by atoms with E-state index in [0.29, 0.717) is 17.8 Å². The molecule has 4 atom stereocenters. The molecule has 1 fully saturated rings. The quantitative estimate of drug-likeness (QED) is 0.418. The number of fused-ring (bicyclic) bond motifs is 2. The Balaban J connectivity index is 2.23. The van der Waals surface area contributed by atoms with Crippen molar-refractivity contribution in [3.05, 3.63) is 12.2 Å². The van der Waals surface area contributed by atoms with Crippen LogP contribution in [-0.2, 0) is 4.79 Å². The summed E-state index contributed by atoms with van der Waals surface area (Å²) in [5, 5.41) is 0.734. The molecule has 12 heavy (non-hydrogen) atoms. The molecule has 0 N–H and O–H groups in total. The SMILES string of the molecule is O=C(Cl)[C@@H]1[C@@H](CBr)[C@@H]2C=C[C@H]1C2. The van der Waals surface area contributed by atoms with E-state index in [0.717, 1.165) is 11.8 Å². The summed E-state index contributed by atoms with van der Waals surface area (Å²) in [5.41, 5.74) is 0. The number of allylic oxidation sites excluding steroid dienone is 2. The second kappa shape index (κ2) is 3.15. The molecule has 0 aromatic rings. The summed E-state index contributed by atoms with van der Waals surface area (Å²) in [6, 6.07) is 0.